The second-order valence-electron chi connectivity index (χ2n) is 2.87. The smallest absolute Gasteiger partial charge is 0.305 e. The molecule has 0 amide bonds. The lowest BCUT2D eigenvalue weighted by Crippen LogP contribution is -2.03. The number of hydrogen-bond donors (Lipinski definition) is 0. The van der Waals surface area contributed by atoms with Crippen LogP contribution in [0.3, 0.4) is 0 Å². The van der Waals surface area contributed by atoms with E-state index in [4.69, 9.17) is 9.47 Å². The minimum Gasteiger partial charge on any atom is -0.465 e. The summed E-state index contributed by atoms with van der Waals surface area (Å²) in [5.41, 5.74) is 0. The van der Waals surface area contributed by atoms with Gasteiger partial charge in [-0.15, -0.1) is 0 Å². The molecule has 0 spiro atoms. The van der Waals surface area contributed by atoms with Crippen LogP contribution in [0.5, 0.6) is 0 Å². The molecule has 0 aliphatic heterocycles. The van der Waals surface area contributed by atoms with Gasteiger partial charge in [0.25, 0.3) is 0 Å². The highest BCUT2D eigenvalue weighted by Gasteiger charge is 1.95. The van der Waals surface area contributed by atoms with Gasteiger partial charge in [0.1, 0.15) is 6.61 Å². The largest absolute Gasteiger partial charge is 0.465 e. The van der Waals surface area contributed by atoms with Crippen molar-refractivity contribution >= 4 is 11.9 Å². The van der Waals surface area contributed by atoms with Crippen LogP contribution < -0.4 is 0 Å². The minimum atomic E-state index is -0.211. The Morgan fingerprint density at radius 2 is 1.60 bits per heavy atom. The molecular weight excluding hydrogens is 196 g/mol. The maximum Gasteiger partial charge on any atom is 0.305 e. The van der Waals surface area contributed by atoms with Crippen LogP contribution in [0, 0.1) is 0 Å². The Morgan fingerprint density at radius 3 is 2.20 bits per heavy atom. The van der Waals surface area contributed by atoms with E-state index >= 15 is 0 Å². The van der Waals surface area contributed by atoms with E-state index in [9.17, 15) is 9.59 Å². The Morgan fingerprint density at radius 1 is 1.00 bits per heavy atom. The molecular formula is C11H18O4. The molecule has 0 rings (SSSR count). The lowest BCUT2D eigenvalue weighted by atomic mass is 10.4. The standard InChI is InChI=1S/C11H18O4/c1-3-10(12)14-8-6-5-7-9-15-11(13)4-2/h5-6H,3-4,7-9H2,1-2H3. The minimum absolute atomic E-state index is 0.194. The van der Waals surface area contributed by atoms with Gasteiger partial charge >= 0.3 is 11.9 Å². The van der Waals surface area contributed by atoms with Crippen LogP contribution in [-0.2, 0) is 19.1 Å². The van der Waals surface area contributed by atoms with E-state index in [-0.39, 0.29) is 18.5 Å². The summed E-state index contributed by atoms with van der Waals surface area (Å²) in [4.78, 5) is 21.4. The van der Waals surface area contributed by atoms with Gasteiger partial charge in [-0.1, -0.05) is 26.0 Å². The molecule has 0 bridgehead atoms. The van der Waals surface area contributed by atoms with E-state index in [1.54, 1.807) is 19.9 Å². The van der Waals surface area contributed by atoms with E-state index in [0.29, 0.717) is 25.9 Å². The van der Waals surface area contributed by atoms with Crippen molar-refractivity contribution < 1.29 is 19.1 Å². The fourth-order valence-electron chi connectivity index (χ4n) is 0.772. The van der Waals surface area contributed by atoms with E-state index in [1.807, 2.05) is 6.08 Å². The zero-order valence-corrected chi connectivity index (χ0v) is 9.32. The molecule has 0 aromatic heterocycles. The molecule has 0 atom stereocenters. The van der Waals surface area contributed by atoms with Gasteiger partial charge in [0, 0.05) is 12.8 Å². The molecule has 0 radical (unpaired) electrons. The number of carbonyl (C=O) groups is 2. The van der Waals surface area contributed by atoms with Gasteiger partial charge in [-0.25, -0.2) is 0 Å². The first-order valence-corrected chi connectivity index (χ1v) is 5.16. The molecule has 0 saturated heterocycles. The van der Waals surface area contributed by atoms with Crippen LogP contribution >= 0.6 is 0 Å². The number of carbonyl (C=O) groups excluding carboxylic acids is 2. The van der Waals surface area contributed by atoms with E-state index in [2.05, 4.69) is 0 Å². The first-order valence-electron chi connectivity index (χ1n) is 5.16. The molecule has 0 aliphatic carbocycles. The van der Waals surface area contributed by atoms with Crippen molar-refractivity contribution in [1.29, 1.82) is 0 Å². The summed E-state index contributed by atoms with van der Waals surface area (Å²) in [6.07, 6.45) is 5.01. The summed E-state index contributed by atoms with van der Waals surface area (Å²) >= 11 is 0. The van der Waals surface area contributed by atoms with E-state index in [1.165, 1.54) is 0 Å². The van der Waals surface area contributed by atoms with Crippen LogP contribution in [0.25, 0.3) is 0 Å². The highest BCUT2D eigenvalue weighted by molar-refractivity contribution is 5.69. The van der Waals surface area contributed by atoms with Crippen molar-refractivity contribution in [2.24, 2.45) is 0 Å². The molecule has 0 heterocycles. The lowest BCUT2D eigenvalue weighted by molar-refractivity contribution is -0.143. The SMILES string of the molecule is CCC(=O)OCC=CCCOC(=O)CC. The number of ether oxygens (including phenoxy) is 2. The maximum absolute atomic E-state index is 10.7. The summed E-state index contributed by atoms with van der Waals surface area (Å²) in [6.45, 7) is 4.16. The summed E-state index contributed by atoms with van der Waals surface area (Å²) < 4.78 is 9.65. The second-order valence-corrected chi connectivity index (χ2v) is 2.87. The molecule has 0 N–H and O–H groups in total. The fraction of sp³-hybridized carbons (Fsp3) is 0.636. The van der Waals surface area contributed by atoms with Gasteiger partial charge in [0.05, 0.1) is 6.61 Å². The average Bonchev–Trinajstić information content (AvgIpc) is 2.26. The summed E-state index contributed by atoms with van der Waals surface area (Å²) in [5.74, 6) is -0.405. The zero-order chi connectivity index (χ0) is 11.5. The van der Waals surface area contributed by atoms with E-state index < -0.39 is 0 Å². The maximum atomic E-state index is 10.7. The topological polar surface area (TPSA) is 52.6 Å². The first kappa shape index (κ1) is 13.7. The Kier molecular flexibility index (Phi) is 8.43. The Balaban J connectivity index is 3.32. The van der Waals surface area contributed by atoms with Crippen LogP contribution in [0.1, 0.15) is 33.1 Å². The van der Waals surface area contributed by atoms with Gasteiger partial charge in [0.2, 0.25) is 0 Å². The predicted octanol–water partition coefficient (Wildman–Crippen LogP) is 1.84. The lowest BCUT2D eigenvalue weighted by Gasteiger charge is -1.99. The van der Waals surface area contributed by atoms with Crippen LogP contribution in [0.4, 0.5) is 0 Å². The monoisotopic (exact) mass is 214 g/mol. The predicted molar refractivity (Wildman–Crippen MR) is 56.3 cm³/mol. The quantitative estimate of drug-likeness (QED) is 0.368. The van der Waals surface area contributed by atoms with Crippen molar-refractivity contribution in [3.8, 4) is 0 Å². The molecule has 0 saturated carbocycles. The number of esters is 2. The fourth-order valence-corrected chi connectivity index (χ4v) is 0.772. The van der Waals surface area contributed by atoms with Crippen LogP contribution in [0.15, 0.2) is 12.2 Å². The van der Waals surface area contributed by atoms with Gasteiger partial charge < -0.3 is 9.47 Å². The van der Waals surface area contributed by atoms with Crippen molar-refractivity contribution in [2.75, 3.05) is 13.2 Å². The Labute approximate surface area is 90.2 Å². The average molecular weight is 214 g/mol. The van der Waals surface area contributed by atoms with Crippen LogP contribution in [-0.4, -0.2) is 25.2 Å². The summed E-state index contributed by atoms with van der Waals surface area (Å²) in [6, 6.07) is 0. The molecule has 4 nitrogen and oxygen atoms in total. The molecule has 15 heavy (non-hydrogen) atoms. The van der Waals surface area contributed by atoms with Gasteiger partial charge in [-0.2, -0.15) is 0 Å². The molecule has 0 aromatic rings. The number of rotatable bonds is 7. The molecule has 0 unspecified atom stereocenters. The van der Waals surface area contributed by atoms with Crippen molar-refractivity contribution in [1.82, 2.24) is 0 Å². The molecule has 0 aromatic carbocycles. The van der Waals surface area contributed by atoms with Crippen LogP contribution in [0.2, 0.25) is 0 Å². The zero-order valence-electron chi connectivity index (χ0n) is 9.32. The molecule has 0 aliphatic rings. The highest BCUT2D eigenvalue weighted by Crippen LogP contribution is 1.90. The molecule has 4 heteroatoms. The molecule has 0 fully saturated rings. The third-order valence-electron chi connectivity index (χ3n) is 1.63. The van der Waals surface area contributed by atoms with Crippen molar-refractivity contribution in [3.63, 3.8) is 0 Å². The Hall–Kier alpha value is -1.32. The summed E-state index contributed by atoms with van der Waals surface area (Å²) in [7, 11) is 0. The van der Waals surface area contributed by atoms with Gasteiger partial charge in [-0.3, -0.25) is 9.59 Å². The normalized spacial score (nSPS) is 10.3. The summed E-state index contributed by atoms with van der Waals surface area (Å²) in [5, 5.41) is 0. The van der Waals surface area contributed by atoms with Gasteiger partial charge in [0.15, 0.2) is 0 Å². The van der Waals surface area contributed by atoms with Gasteiger partial charge in [-0.05, 0) is 6.42 Å². The Bertz CT molecular complexity index is 221. The van der Waals surface area contributed by atoms with Crippen molar-refractivity contribution in [3.05, 3.63) is 12.2 Å². The third kappa shape index (κ3) is 9.00. The second kappa shape index (κ2) is 9.24. The molecule has 86 valence electrons. The number of hydrogen-bond acceptors (Lipinski definition) is 4. The third-order valence-corrected chi connectivity index (χ3v) is 1.63. The highest BCUT2D eigenvalue weighted by atomic mass is 16.5. The van der Waals surface area contributed by atoms with E-state index in [0.717, 1.165) is 0 Å². The first-order chi connectivity index (χ1) is 7.20. The van der Waals surface area contributed by atoms with Crippen molar-refractivity contribution in [2.45, 2.75) is 33.1 Å².